The summed E-state index contributed by atoms with van der Waals surface area (Å²) in [6.07, 6.45) is 1.33. The van der Waals surface area contributed by atoms with Gasteiger partial charge in [-0.15, -0.1) is 12.4 Å². The lowest BCUT2D eigenvalue weighted by Crippen LogP contribution is -2.51. The second kappa shape index (κ2) is 8.90. The van der Waals surface area contributed by atoms with Crippen LogP contribution in [0, 0.1) is 6.92 Å². The summed E-state index contributed by atoms with van der Waals surface area (Å²) in [6, 6.07) is 4.84. The van der Waals surface area contributed by atoms with Crippen molar-refractivity contribution in [1.82, 2.24) is 5.32 Å². The molecule has 0 heterocycles. The fraction of sp³-hybridized carbons (Fsp3) is 0.533. The molecule has 0 bridgehead atoms. The van der Waals surface area contributed by atoms with Crippen molar-refractivity contribution in [3.05, 3.63) is 29.3 Å². The molecule has 0 saturated carbocycles. The van der Waals surface area contributed by atoms with Crippen LogP contribution in [0.2, 0.25) is 0 Å². The van der Waals surface area contributed by atoms with Gasteiger partial charge in [0.2, 0.25) is 5.91 Å². The van der Waals surface area contributed by atoms with Gasteiger partial charge in [0.15, 0.2) is 0 Å². The largest absolute Gasteiger partial charge is 0.434 e. The summed E-state index contributed by atoms with van der Waals surface area (Å²) in [5, 5.41) is 2.68. The van der Waals surface area contributed by atoms with Gasteiger partial charge in [0.05, 0.1) is 5.54 Å². The number of benzene rings is 1. The lowest BCUT2D eigenvalue weighted by atomic mass is 9.96. The van der Waals surface area contributed by atoms with E-state index in [1.165, 1.54) is 6.07 Å². The van der Waals surface area contributed by atoms with E-state index < -0.39 is 12.2 Å². The van der Waals surface area contributed by atoms with Crippen LogP contribution in [0.3, 0.4) is 0 Å². The highest BCUT2D eigenvalue weighted by Crippen LogP contribution is 2.22. The smallest absolute Gasteiger partial charge is 0.387 e. The molecule has 1 atom stereocenters. The maximum absolute atomic E-state index is 12.4. The first-order valence-electron chi connectivity index (χ1n) is 6.87. The third-order valence-corrected chi connectivity index (χ3v) is 3.16. The molecule has 7 heteroatoms. The molecule has 0 aliphatic rings. The van der Waals surface area contributed by atoms with Gasteiger partial charge in [-0.3, -0.25) is 4.79 Å². The average Bonchev–Trinajstić information content (AvgIpc) is 2.38. The van der Waals surface area contributed by atoms with Gasteiger partial charge in [-0.25, -0.2) is 0 Å². The van der Waals surface area contributed by atoms with Gasteiger partial charge in [0.1, 0.15) is 5.75 Å². The van der Waals surface area contributed by atoms with Crippen LogP contribution in [0.4, 0.5) is 8.78 Å². The molecule has 0 spiro atoms. The number of carbonyl (C=O) groups is 1. The van der Waals surface area contributed by atoms with Crippen LogP contribution in [0.1, 0.15) is 37.8 Å². The SMILES string of the molecule is CCCC(C)(N)C(=O)NCc1cc(C)ccc1OC(F)F.Cl. The van der Waals surface area contributed by atoms with Gasteiger partial charge in [-0.2, -0.15) is 8.78 Å². The number of halogens is 3. The van der Waals surface area contributed by atoms with E-state index in [0.29, 0.717) is 12.0 Å². The van der Waals surface area contributed by atoms with E-state index in [2.05, 4.69) is 10.1 Å². The zero-order valence-electron chi connectivity index (χ0n) is 13.0. The Kier molecular flexibility index (Phi) is 8.34. The lowest BCUT2D eigenvalue weighted by molar-refractivity contribution is -0.126. The normalized spacial score (nSPS) is 13.2. The van der Waals surface area contributed by atoms with Crippen molar-refractivity contribution in [2.75, 3.05) is 0 Å². The van der Waals surface area contributed by atoms with Gasteiger partial charge in [-0.1, -0.05) is 31.0 Å². The molecule has 126 valence electrons. The Morgan fingerprint density at radius 1 is 1.45 bits per heavy atom. The number of nitrogens with one attached hydrogen (secondary N) is 1. The zero-order chi connectivity index (χ0) is 16.0. The summed E-state index contributed by atoms with van der Waals surface area (Å²) in [4.78, 5) is 12.0. The fourth-order valence-corrected chi connectivity index (χ4v) is 2.07. The van der Waals surface area contributed by atoms with Crippen molar-refractivity contribution in [3.63, 3.8) is 0 Å². The minimum absolute atomic E-state index is 0. The van der Waals surface area contributed by atoms with Gasteiger partial charge in [0, 0.05) is 12.1 Å². The molecule has 4 nitrogen and oxygen atoms in total. The maximum atomic E-state index is 12.4. The second-order valence-corrected chi connectivity index (χ2v) is 5.34. The molecule has 1 aromatic carbocycles. The van der Waals surface area contributed by atoms with Crippen molar-refractivity contribution in [3.8, 4) is 5.75 Å². The molecular weight excluding hydrogens is 314 g/mol. The predicted molar refractivity (Wildman–Crippen MR) is 84.4 cm³/mol. The van der Waals surface area contributed by atoms with E-state index in [-0.39, 0.29) is 30.6 Å². The Morgan fingerprint density at radius 3 is 2.64 bits per heavy atom. The molecule has 0 saturated heterocycles. The van der Waals surface area contributed by atoms with E-state index in [1.807, 2.05) is 13.8 Å². The van der Waals surface area contributed by atoms with Gasteiger partial charge >= 0.3 is 6.61 Å². The Morgan fingerprint density at radius 2 is 2.09 bits per heavy atom. The monoisotopic (exact) mass is 336 g/mol. The second-order valence-electron chi connectivity index (χ2n) is 5.34. The van der Waals surface area contributed by atoms with Crippen LogP contribution < -0.4 is 15.8 Å². The molecule has 1 amide bonds. The van der Waals surface area contributed by atoms with Crippen LogP contribution in [0.15, 0.2) is 18.2 Å². The van der Waals surface area contributed by atoms with Crippen molar-refractivity contribution in [1.29, 1.82) is 0 Å². The molecule has 1 rings (SSSR count). The summed E-state index contributed by atoms with van der Waals surface area (Å²) in [6.45, 7) is 2.62. The van der Waals surface area contributed by atoms with Crippen molar-refractivity contribution < 1.29 is 18.3 Å². The first-order chi connectivity index (χ1) is 9.76. The number of hydrogen-bond donors (Lipinski definition) is 2. The van der Waals surface area contributed by atoms with E-state index in [9.17, 15) is 13.6 Å². The first-order valence-corrected chi connectivity index (χ1v) is 6.87. The number of hydrogen-bond acceptors (Lipinski definition) is 3. The molecule has 0 aliphatic heterocycles. The minimum Gasteiger partial charge on any atom is -0.434 e. The topological polar surface area (TPSA) is 64.4 Å². The molecule has 0 aliphatic carbocycles. The molecule has 1 aromatic rings. The maximum Gasteiger partial charge on any atom is 0.387 e. The summed E-state index contributed by atoms with van der Waals surface area (Å²) >= 11 is 0. The Hall–Kier alpha value is -1.40. The lowest BCUT2D eigenvalue weighted by Gasteiger charge is -2.23. The Bertz CT molecular complexity index is 496. The van der Waals surface area contributed by atoms with Crippen molar-refractivity contribution >= 4 is 18.3 Å². The van der Waals surface area contributed by atoms with Crippen LogP contribution in [-0.4, -0.2) is 18.1 Å². The third-order valence-electron chi connectivity index (χ3n) is 3.16. The van der Waals surface area contributed by atoms with Crippen LogP contribution in [0.5, 0.6) is 5.75 Å². The summed E-state index contributed by atoms with van der Waals surface area (Å²) in [5.74, 6) is -0.251. The summed E-state index contributed by atoms with van der Waals surface area (Å²) in [7, 11) is 0. The highest BCUT2D eigenvalue weighted by atomic mass is 35.5. The summed E-state index contributed by atoms with van der Waals surface area (Å²) < 4.78 is 29.2. The van der Waals surface area contributed by atoms with Gasteiger partial charge in [0.25, 0.3) is 0 Å². The van der Waals surface area contributed by atoms with Gasteiger partial charge in [-0.05, 0) is 26.3 Å². The number of alkyl halides is 2. The highest BCUT2D eigenvalue weighted by molar-refractivity contribution is 5.85. The third kappa shape index (κ3) is 6.15. The quantitative estimate of drug-likeness (QED) is 0.804. The molecule has 1 unspecified atom stereocenters. The Labute approximate surface area is 135 Å². The van der Waals surface area contributed by atoms with E-state index in [4.69, 9.17) is 5.73 Å². The molecule has 0 fully saturated rings. The highest BCUT2D eigenvalue weighted by Gasteiger charge is 2.27. The molecule has 22 heavy (non-hydrogen) atoms. The van der Waals surface area contributed by atoms with Crippen LogP contribution >= 0.6 is 12.4 Å². The zero-order valence-corrected chi connectivity index (χ0v) is 13.8. The minimum atomic E-state index is -2.90. The van der Waals surface area contributed by atoms with Gasteiger partial charge < -0.3 is 15.8 Å². The van der Waals surface area contributed by atoms with Crippen LogP contribution in [0.25, 0.3) is 0 Å². The molecular formula is C15H23ClF2N2O2. The summed E-state index contributed by atoms with van der Waals surface area (Å²) in [5.41, 5.74) is 6.34. The number of ether oxygens (including phenoxy) is 1. The fourth-order valence-electron chi connectivity index (χ4n) is 2.07. The van der Waals surface area contributed by atoms with Crippen molar-refractivity contribution in [2.45, 2.75) is 52.3 Å². The number of amides is 1. The number of rotatable bonds is 7. The predicted octanol–water partition coefficient (Wildman–Crippen LogP) is 3.15. The molecule has 0 aromatic heterocycles. The van der Waals surface area contributed by atoms with Crippen molar-refractivity contribution in [2.24, 2.45) is 5.73 Å². The Balaban J connectivity index is 0.00000441. The number of carbonyl (C=O) groups excluding carboxylic acids is 1. The molecule has 0 radical (unpaired) electrons. The van der Waals surface area contributed by atoms with E-state index in [0.717, 1.165) is 12.0 Å². The van der Waals surface area contributed by atoms with E-state index in [1.54, 1.807) is 19.1 Å². The standard InChI is InChI=1S/C15H22F2N2O2.ClH/c1-4-7-15(3,18)13(20)19-9-11-8-10(2)5-6-12(11)21-14(16)17;/h5-6,8,14H,4,7,9,18H2,1-3H3,(H,19,20);1H. The van der Waals surface area contributed by atoms with E-state index >= 15 is 0 Å². The molecule has 3 N–H and O–H groups in total. The number of nitrogens with two attached hydrogens (primary N) is 1. The first kappa shape index (κ1) is 20.6. The average molecular weight is 337 g/mol. The van der Waals surface area contributed by atoms with Crippen LogP contribution in [-0.2, 0) is 11.3 Å². The number of aryl methyl sites for hydroxylation is 1.